The van der Waals surface area contributed by atoms with Crippen molar-refractivity contribution in [2.75, 3.05) is 6.54 Å². The Morgan fingerprint density at radius 3 is 2.88 bits per heavy atom. The third kappa shape index (κ3) is 4.89. The van der Waals surface area contributed by atoms with Crippen molar-refractivity contribution in [3.63, 3.8) is 0 Å². The number of aromatic nitrogens is 3. The van der Waals surface area contributed by atoms with Gasteiger partial charge in [0.2, 0.25) is 0 Å². The highest BCUT2D eigenvalue weighted by Gasteiger charge is 2.17. The molecule has 0 bridgehead atoms. The number of aldehydes is 1. The lowest BCUT2D eigenvalue weighted by atomic mass is 10.3. The maximum absolute atomic E-state index is 14.3. The summed E-state index contributed by atoms with van der Waals surface area (Å²) in [4.78, 5) is 30.4. The highest BCUT2D eigenvalue weighted by Crippen LogP contribution is 2.39. The number of nitro benzene ring substituents is 1. The topological polar surface area (TPSA) is 112 Å². The average molecular weight is 469 g/mol. The molecule has 3 heterocycles. The summed E-state index contributed by atoms with van der Waals surface area (Å²) < 4.78 is 22.7. The van der Waals surface area contributed by atoms with Crippen LogP contribution in [-0.4, -0.2) is 32.3 Å². The van der Waals surface area contributed by atoms with Crippen LogP contribution in [-0.2, 0) is 18.4 Å². The van der Waals surface area contributed by atoms with E-state index in [4.69, 9.17) is 4.74 Å². The number of imidazole rings is 1. The molecule has 0 unspecified atom stereocenters. The Morgan fingerprint density at radius 1 is 1.27 bits per heavy atom. The number of hydrogen-bond donors (Lipinski definition) is 1. The molecule has 0 aliphatic rings. The fraction of sp³-hybridized carbons (Fsp3) is 0.227. The number of rotatable bonds is 10. The maximum atomic E-state index is 14.3. The highest BCUT2D eigenvalue weighted by molar-refractivity contribution is 7.22. The zero-order valence-corrected chi connectivity index (χ0v) is 18.5. The first-order chi connectivity index (χ1) is 16.0. The lowest BCUT2D eigenvalue weighted by Gasteiger charge is -2.07. The second kappa shape index (κ2) is 9.84. The molecule has 0 amide bonds. The van der Waals surface area contributed by atoms with E-state index in [0.29, 0.717) is 28.9 Å². The molecule has 0 spiro atoms. The number of carbonyl (C=O) groups excluding carboxylic acids is 1. The standard InChI is InChI=1S/C22H20FN5O4S/c1-27-15(12-24-7-2-3-9-29)13-26-22(27)20-11-17-21(33-20)19(6-8-25-17)32-18-5-4-14(28(30)31)10-16(18)23/h4-6,8-11,13,24H,2-3,7,12H2,1H3. The van der Waals surface area contributed by atoms with Crippen LogP contribution in [0.4, 0.5) is 10.1 Å². The molecule has 0 saturated carbocycles. The van der Waals surface area contributed by atoms with Crippen LogP contribution in [0.5, 0.6) is 11.5 Å². The zero-order chi connectivity index (χ0) is 23.4. The van der Waals surface area contributed by atoms with Crippen molar-refractivity contribution in [2.45, 2.75) is 19.4 Å². The lowest BCUT2D eigenvalue weighted by Crippen LogP contribution is -2.16. The van der Waals surface area contributed by atoms with Gasteiger partial charge in [-0.1, -0.05) is 0 Å². The summed E-state index contributed by atoms with van der Waals surface area (Å²) in [5, 5.41) is 14.1. The minimum Gasteiger partial charge on any atom is -0.453 e. The molecule has 0 atom stereocenters. The van der Waals surface area contributed by atoms with Gasteiger partial charge in [0.25, 0.3) is 5.69 Å². The fourth-order valence-corrected chi connectivity index (χ4v) is 4.37. The zero-order valence-electron chi connectivity index (χ0n) is 17.7. The van der Waals surface area contributed by atoms with Gasteiger partial charge in [0.15, 0.2) is 11.6 Å². The molecule has 0 aliphatic heterocycles. The van der Waals surface area contributed by atoms with Crippen molar-refractivity contribution < 1.29 is 18.8 Å². The molecule has 0 radical (unpaired) electrons. The average Bonchev–Trinajstić information content (AvgIpc) is 3.39. The first-order valence-corrected chi connectivity index (χ1v) is 10.9. The van der Waals surface area contributed by atoms with Crippen molar-refractivity contribution >= 4 is 33.5 Å². The van der Waals surface area contributed by atoms with Gasteiger partial charge in [-0.05, 0) is 25.1 Å². The van der Waals surface area contributed by atoms with Gasteiger partial charge in [0.05, 0.1) is 38.0 Å². The number of thiophene rings is 1. The second-order valence-electron chi connectivity index (χ2n) is 7.23. The summed E-state index contributed by atoms with van der Waals surface area (Å²) >= 11 is 1.41. The normalized spacial score (nSPS) is 11.1. The number of nitrogens with one attached hydrogen (secondary N) is 1. The van der Waals surface area contributed by atoms with Crippen molar-refractivity contribution in [3.8, 4) is 22.2 Å². The number of benzene rings is 1. The summed E-state index contributed by atoms with van der Waals surface area (Å²) in [6.45, 7) is 1.37. The van der Waals surface area contributed by atoms with E-state index in [-0.39, 0.29) is 11.4 Å². The van der Waals surface area contributed by atoms with E-state index in [0.717, 1.165) is 41.7 Å². The Hall–Kier alpha value is -3.70. The Bertz CT molecular complexity index is 1320. The summed E-state index contributed by atoms with van der Waals surface area (Å²) in [6, 6.07) is 6.77. The monoisotopic (exact) mass is 469 g/mol. The molecule has 0 fully saturated rings. The van der Waals surface area contributed by atoms with Crippen molar-refractivity contribution in [1.29, 1.82) is 0 Å². The molecule has 1 N–H and O–H groups in total. The van der Waals surface area contributed by atoms with Gasteiger partial charge in [-0.2, -0.15) is 0 Å². The number of non-ortho nitro benzene ring substituents is 1. The Morgan fingerprint density at radius 2 is 2.12 bits per heavy atom. The van der Waals surface area contributed by atoms with Gasteiger partial charge in [-0.3, -0.25) is 15.1 Å². The predicted octanol–water partition coefficient (Wildman–Crippen LogP) is 4.61. The SMILES string of the molecule is Cn1c(CNCCCC=O)cnc1-c1cc2nccc(Oc3ccc([N+](=O)[O-])cc3F)c2s1. The van der Waals surface area contributed by atoms with Crippen molar-refractivity contribution in [3.05, 3.63) is 64.4 Å². The number of nitro groups is 1. The smallest absolute Gasteiger partial charge is 0.272 e. The number of carbonyl (C=O) groups is 1. The van der Waals surface area contributed by atoms with Gasteiger partial charge in [0.1, 0.15) is 17.9 Å². The number of unbranched alkanes of at least 4 members (excludes halogenated alkanes) is 1. The highest BCUT2D eigenvalue weighted by atomic mass is 32.1. The van der Waals surface area contributed by atoms with E-state index in [2.05, 4.69) is 15.3 Å². The fourth-order valence-electron chi connectivity index (χ4n) is 3.27. The molecular weight excluding hydrogens is 449 g/mol. The number of nitrogens with zero attached hydrogens (tertiary/aromatic N) is 4. The molecule has 170 valence electrons. The van der Waals surface area contributed by atoms with Gasteiger partial charge in [0, 0.05) is 38.3 Å². The van der Waals surface area contributed by atoms with Gasteiger partial charge in [-0.25, -0.2) is 9.37 Å². The number of halogens is 1. The molecule has 33 heavy (non-hydrogen) atoms. The number of fused-ring (bicyclic) bond motifs is 1. The van der Waals surface area contributed by atoms with Crippen molar-refractivity contribution in [2.24, 2.45) is 7.05 Å². The lowest BCUT2D eigenvalue weighted by molar-refractivity contribution is -0.385. The molecule has 3 aromatic heterocycles. The summed E-state index contributed by atoms with van der Waals surface area (Å²) in [5.41, 5.74) is 1.32. The van der Waals surface area contributed by atoms with Crippen LogP contribution in [0.1, 0.15) is 18.5 Å². The molecule has 11 heteroatoms. The third-order valence-electron chi connectivity index (χ3n) is 5.01. The Labute approximate surface area is 192 Å². The molecule has 4 aromatic rings. The van der Waals surface area contributed by atoms with Crippen LogP contribution in [0.25, 0.3) is 20.9 Å². The summed E-state index contributed by atoms with van der Waals surface area (Å²) in [7, 11) is 1.92. The minimum atomic E-state index is -0.819. The Kier molecular flexibility index (Phi) is 6.71. The van der Waals surface area contributed by atoms with E-state index < -0.39 is 10.7 Å². The number of pyridine rings is 1. The second-order valence-corrected chi connectivity index (χ2v) is 8.28. The van der Waals surface area contributed by atoms with Crippen LogP contribution in [0.2, 0.25) is 0 Å². The molecule has 9 nitrogen and oxygen atoms in total. The number of ether oxygens (including phenoxy) is 1. The summed E-state index contributed by atoms with van der Waals surface area (Å²) in [6.07, 6.45) is 5.59. The third-order valence-corrected chi connectivity index (χ3v) is 6.14. The van der Waals surface area contributed by atoms with Crippen LogP contribution in [0, 0.1) is 15.9 Å². The first-order valence-electron chi connectivity index (χ1n) is 10.1. The van der Waals surface area contributed by atoms with E-state index in [1.807, 2.05) is 17.7 Å². The molecule has 4 rings (SSSR count). The predicted molar refractivity (Wildman–Crippen MR) is 122 cm³/mol. The Balaban J connectivity index is 1.57. The maximum Gasteiger partial charge on any atom is 0.272 e. The molecular formula is C22H20FN5O4S. The largest absolute Gasteiger partial charge is 0.453 e. The van der Waals surface area contributed by atoms with Crippen LogP contribution < -0.4 is 10.1 Å². The minimum absolute atomic E-state index is 0.108. The van der Waals surface area contributed by atoms with Crippen molar-refractivity contribution in [1.82, 2.24) is 19.9 Å². The quantitative estimate of drug-likeness (QED) is 0.156. The molecule has 1 aromatic carbocycles. The van der Waals surface area contributed by atoms with E-state index in [1.54, 1.807) is 18.5 Å². The van der Waals surface area contributed by atoms with E-state index in [1.165, 1.54) is 23.5 Å². The number of hydrogen-bond acceptors (Lipinski definition) is 8. The van der Waals surface area contributed by atoms with Gasteiger partial charge < -0.3 is 19.4 Å². The van der Waals surface area contributed by atoms with Crippen LogP contribution >= 0.6 is 11.3 Å². The molecule has 0 aliphatic carbocycles. The summed E-state index contributed by atoms with van der Waals surface area (Å²) in [5.74, 6) is 0.230. The van der Waals surface area contributed by atoms with E-state index in [9.17, 15) is 19.3 Å². The van der Waals surface area contributed by atoms with E-state index >= 15 is 0 Å². The first kappa shape index (κ1) is 22.5. The van der Waals surface area contributed by atoms with Gasteiger partial charge in [-0.15, -0.1) is 11.3 Å². The van der Waals surface area contributed by atoms with Crippen LogP contribution in [0.3, 0.4) is 0 Å². The van der Waals surface area contributed by atoms with Gasteiger partial charge >= 0.3 is 0 Å². The molecule has 0 saturated heterocycles. The van der Waals surface area contributed by atoms with Crippen LogP contribution in [0.15, 0.2) is 42.7 Å².